The summed E-state index contributed by atoms with van der Waals surface area (Å²) in [7, 11) is 0. The number of aromatic carboxylic acids is 2. The molecule has 3 rings (SSSR count). The Hall–Kier alpha value is -4.51. The Kier molecular flexibility index (Phi) is 10.8. The summed E-state index contributed by atoms with van der Waals surface area (Å²) in [6.07, 6.45) is 2.37. The van der Waals surface area contributed by atoms with E-state index in [4.69, 9.17) is 5.21 Å². The Morgan fingerprint density at radius 2 is 1.63 bits per heavy atom. The molecule has 1 aromatic heterocycles. The number of aromatic nitrogens is 2. The molecule has 3 aromatic rings. The van der Waals surface area contributed by atoms with Gasteiger partial charge in [-0.25, -0.2) is 20.1 Å². The van der Waals surface area contributed by atoms with Crippen molar-refractivity contribution in [3.63, 3.8) is 0 Å². The summed E-state index contributed by atoms with van der Waals surface area (Å²) in [5.74, 6) is -4.28. The van der Waals surface area contributed by atoms with E-state index in [0.717, 1.165) is 18.4 Å². The number of benzene rings is 2. The SMILES string of the molecule is CCCCc1nc(CNC(=O)C(CC(C)C)C(=O)NO)c(C(=O)O)n1Cc1ccc(-c2ccccc2C(=O)O)cc1. The first-order valence-corrected chi connectivity index (χ1v) is 13.5. The number of unbranched alkanes of at least 4 members (excludes halogenated alkanes) is 1. The second kappa shape index (κ2) is 14.2. The number of aryl methyl sites for hydroxylation is 1. The minimum atomic E-state index is -1.21. The van der Waals surface area contributed by atoms with Crippen LogP contribution in [0.2, 0.25) is 0 Å². The molecule has 11 heteroatoms. The molecule has 5 N–H and O–H groups in total. The van der Waals surface area contributed by atoms with Gasteiger partial charge in [-0.05, 0) is 41.5 Å². The topological polar surface area (TPSA) is 171 Å². The number of hydrogen-bond acceptors (Lipinski definition) is 6. The van der Waals surface area contributed by atoms with Crippen LogP contribution in [0.3, 0.4) is 0 Å². The van der Waals surface area contributed by atoms with Crippen LogP contribution >= 0.6 is 0 Å². The first-order valence-electron chi connectivity index (χ1n) is 13.5. The van der Waals surface area contributed by atoms with Crippen molar-refractivity contribution in [3.8, 4) is 11.1 Å². The van der Waals surface area contributed by atoms with Crippen molar-refractivity contribution < 1.29 is 34.6 Å². The van der Waals surface area contributed by atoms with Gasteiger partial charge in [0, 0.05) is 13.0 Å². The smallest absolute Gasteiger partial charge is 0.354 e. The molecule has 0 aliphatic heterocycles. The van der Waals surface area contributed by atoms with Gasteiger partial charge in [0.1, 0.15) is 11.7 Å². The highest BCUT2D eigenvalue weighted by Gasteiger charge is 2.29. The van der Waals surface area contributed by atoms with Crippen molar-refractivity contribution in [3.05, 3.63) is 76.9 Å². The van der Waals surface area contributed by atoms with Crippen molar-refractivity contribution in [1.82, 2.24) is 20.3 Å². The van der Waals surface area contributed by atoms with Gasteiger partial charge in [-0.1, -0.05) is 69.7 Å². The predicted octanol–water partition coefficient (Wildman–Crippen LogP) is 4.12. The Morgan fingerprint density at radius 3 is 2.22 bits per heavy atom. The summed E-state index contributed by atoms with van der Waals surface area (Å²) in [6.45, 7) is 5.69. The lowest BCUT2D eigenvalue weighted by molar-refractivity contribution is -0.141. The third-order valence-electron chi connectivity index (χ3n) is 6.72. The maximum atomic E-state index is 12.8. The van der Waals surface area contributed by atoms with Crippen molar-refractivity contribution in [2.45, 2.75) is 59.5 Å². The zero-order valence-corrected chi connectivity index (χ0v) is 23.4. The van der Waals surface area contributed by atoms with E-state index >= 15 is 0 Å². The summed E-state index contributed by atoms with van der Waals surface area (Å²) in [4.78, 5) is 53.5. The highest BCUT2D eigenvalue weighted by Crippen LogP contribution is 2.25. The van der Waals surface area contributed by atoms with E-state index in [1.807, 2.05) is 32.9 Å². The fourth-order valence-electron chi connectivity index (χ4n) is 4.68. The molecule has 1 heterocycles. The summed E-state index contributed by atoms with van der Waals surface area (Å²) >= 11 is 0. The fraction of sp³-hybridized carbons (Fsp3) is 0.367. The molecule has 0 spiro atoms. The molecular formula is C30H36N4O7. The van der Waals surface area contributed by atoms with E-state index in [1.54, 1.807) is 34.9 Å². The quantitative estimate of drug-likeness (QED) is 0.111. The molecule has 11 nitrogen and oxygen atoms in total. The molecule has 0 fully saturated rings. The summed E-state index contributed by atoms with van der Waals surface area (Å²) in [6, 6.07) is 13.9. The molecule has 1 unspecified atom stereocenters. The van der Waals surface area contributed by atoms with Crippen LogP contribution in [0.1, 0.15) is 78.0 Å². The Bertz CT molecular complexity index is 1400. The first-order chi connectivity index (χ1) is 19.6. The third kappa shape index (κ3) is 7.79. The molecule has 41 heavy (non-hydrogen) atoms. The van der Waals surface area contributed by atoms with Crippen LogP contribution in [0.15, 0.2) is 48.5 Å². The van der Waals surface area contributed by atoms with Gasteiger partial charge in [-0.3, -0.25) is 14.8 Å². The lowest BCUT2D eigenvalue weighted by atomic mass is 9.95. The Labute approximate surface area is 238 Å². The van der Waals surface area contributed by atoms with Crippen LogP contribution in [0.5, 0.6) is 0 Å². The number of hydrogen-bond donors (Lipinski definition) is 5. The molecule has 2 amide bonds. The van der Waals surface area contributed by atoms with Crippen molar-refractivity contribution in [2.75, 3.05) is 0 Å². The van der Waals surface area contributed by atoms with Gasteiger partial charge in [0.15, 0.2) is 5.69 Å². The van der Waals surface area contributed by atoms with Gasteiger partial charge in [-0.15, -0.1) is 0 Å². The lowest BCUT2D eigenvalue weighted by Crippen LogP contribution is -2.41. The van der Waals surface area contributed by atoms with Gasteiger partial charge in [0.05, 0.1) is 17.8 Å². The number of carbonyl (C=O) groups is 4. The Morgan fingerprint density at radius 1 is 0.951 bits per heavy atom. The van der Waals surface area contributed by atoms with E-state index in [9.17, 15) is 29.4 Å². The molecule has 0 aliphatic rings. The summed E-state index contributed by atoms with van der Waals surface area (Å²) in [5, 5.41) is 31.3. The monoisotopic (exact) mass is 564 g/mol. The number of carbonyl (C=O) groups excluding carboxylic acids is 2. The standard InChI is InChI=1S/C30H36N4O7/c1-4-5-10-25-32-24(16-31-27(35)23(15-18(2)3)28(36)33-41)26(30(39)40)34(25)17-19-11-13-20(14-12-19)21-8-6-7-9-22(21)29(37)38/h6-9,11-14,18,23,41H,4-5,10,15-17H2,1-3H3,(H,31,35)(H,33,36)(H,37,38)(H,39,40). The molecule has 1 atom stereocenters. The van der Waals surface area contributed by atoms with Gasteiger partial charge in [0.2, 0.25) is 5.91 Å². The maximum absolute atomic E-state index is 12.8. The van der Waals surface area contributed by atoms with Crippen molar-refractivity contribution >= 4 is 23.8 Å². The van der Waals surface area contributed by atoms with Crippen LogP contribution < -0.4 is 10.8 Å². The van der Waals surface area contributed by atoms with Crippen LogP contribution in [-0.4, -0.2) is 48.7 Å². The fourth-order valence-corrected chi connectivity index (χ4v) is 4.68. The van der Waals surface area contributed by atoms with E-state index in [1.165, 1.54) is 11.5 Å². The average molecular weight is 565 g/mol. The summed E-state index contributed by atoms with van der Waals surface area (Å²) < 4.78 is 1.62. The number of hydroxylamine groups is 1. The van der Waals surface area contributed by atoms with Crippen molar-refractivity contribution in [1.29, 1.82) is 0 Å². The average Bonchev–Trinajstić information content (AvgIpc) is 3.30. The zero-order valence-electron chi connectivity index (χ0n) is 23.4. The molecule has 0 bridgehead atoms. The molecular weight excluding hydrogens is 528 g/mol. The van der Waals surface area contributed by atoms with Gasteiger partial charge in [0.25, 0.3) is 5.91 Å². The van der Waals surface area contributed by atoms with Crippen molar-refractivity contribution in [2.24, 2.45) is 11.8 Å². The number of carboxylic acid groups (broad SMARTS) is 2. The van der Waals surface area contributed by atoms with E-state index in [2.05, 4.69) is 10.3 Å². The number of amides is 2. The van der Waals surface area contributed by atoms with Crippen LogP contribution in [0.25, 0.3) is 11.1 Å². The first kappa shape index (κ1) is 31.0. The molecule has 0 radical (unpaired) electrons. The maximum Gasteiger partial charge on any atom is 0.354 e. The van der Waals surface area contributed by atoms with Gasteiger partial charge >= 0.3 is 11.9 Å². The van der Waals surface area contributed by atoms with Crippen LogP contribution in [0, 0.1) is 11.8 Å². The number of carboxylic acids is 2. The third-order valence-corrected chi connectivity index (χ3v) is 6.72. The molecule has 2 aromatic carbocycles. The highest BCUT2D eigenvalue weighted by molar-refractivity contribution is 6.00. The largest absolute Gasteiger partial charge is 0.478 e. The number of nitrogens with one attached hydrogen (secondary N) is 2. The van der Waals surface area contributed by atoms with Crippen LogP contribution in [0.4, 0.5) is 0 Å². The lowest BCUT2D eigenvalue weighted by Gasteiger charge is -2.16. The number of imidazole rings is 1. The number of rotatable bonds is 14. The van der Waals surface area contributed by atoms with E-state index < -0.39 is 29.7 Å². The number of nitrogens with zero attached hydrogens (tertiary/aromatic N) is 2. The molecule has 0 saturated carbocycles. The normalized spacial score (nSPS) is 11.7. The highest BCUT2D eigenvalue weighted by atomic mass is 16.5. The second-order valence-electron chi connectivity index (χ2n) is 10.2. The zero-order chi connectivity index (χ0) is 30.1. The Balaban J connectivity index is 1.91. The molecule has 0 saturated heterocycles. The molecule has 218 valence electrons. The molecule has 0 aliphatic carbocycles. The summed E-state index contributed by atoms with van der Waals surface area (Å²) in [5.41, 5.74) is 3.88. The predicted molar refractivity (Wildman–Crippen MR) is 150 cm³/mol. The van der Waals surface area contributed by atoms with Gasteiger partial charge < -0.3 is 20.1 Å². The minimum Gasteiger partial charge on any atom is -0.478 e. The van der Waals surface area contributed by atoms with E-state index in [-0.39, 0.29) is 42.4 Å². The van der Waals surface area contributed by atoms with E-state index in [0.29, 0.717) is 23.4 Å². The van der Waals surface area contributed by atoms with Crippen LogP contribution in [-0.2, 0) is 29.1 Å². The second-order valence-corrected chi connectivity index (χ2v) is 10.2. The minimum absolute atomic E-state index is 0.00137. The van der Waals surface area contributed by atoms with Gasteiger partial charge in [-0.2, -0.15) is 0 Å².